The molecule has 0 atom stereocenters. The molecule has 1 heterocycles. The normalized spacial score (nSPS) is 16.3. The van der Waals surface area contributed by atoms with Crippen molar-refractivity contribution in [2.45, 2.75) is 6.42 Å². The molecule has 0 N–H and O–H groups in total. The first-order chi connectivity index (χ1) is 7.09. The van der Waals surface area contributed by atoms with Crippen LogP contribution in [-0.4, -0.2) is 18.2 Å². The molecule has 1 saturated heterocycles. The lowest BCUT2D eigenvalue weighted by atomic mass is 10.3. The van der Waals surface area contributed by atoms with Crippen LogP contribution in [0.15, 0.2) is 18.2 Å². The highest BCUT2D eigenvalue weighted by atomic mass is 35.5. The van der Waals surface area contributed by atoms with Crippen molar-refractivity contribution < 1.29 is 9.59 Å². The minimum Gasteiger partial charge on any atom is -0.304 e. The van der Waals surface area contributed by atoms with Crippen LogP contribution in [0.4, 0.5) is 5.69 Å². The lowest BCUT2D eigenvalue weighted by molar-refractivity contribution is -0.133. The first kappa shape index (κ1) is 10.5. The molecule has 3 nitrogen and oxygen atoms in total. The summed E-state index contributed by atoms with van der Waals surface area (Å²) >= 11 is 11.7. The Bertz CT molecular complexity index is 445. The Morgan fingerprint density at radius 2 is 1.93 bits per heavy atom. The van der Waals surface area contributed by atoms with Gasteiger partial charge in [0.25, 0.3) is 5.91 Å². The first-order valence-corrected chi connectivity index (χ1v) is 5.15. The number of hydrogen-bond acceptors (Lipinski definition) is 2. The van der Waals surface area contributed by atoms with Crippen molar-refractivity contribution in [2.75, 3.05) is 11.4 Å². The molecular weight excluding hydrogens is 237 g/mol. The molecule has 1 aliphatic rings. The van der Waals surface area contributed by atoms with E-state index in [1.165, 1.54) is 4.90 Å². The van der Waals surface area contributed by atoms with Gasteiger partial charge in [-0.1, -0.05) is 23.2 Å². The van der Waals surface area contributed by atoms with Crippen molar-refractivity contribution >= 4 is 40.6 Å². The summed E-state index contributed by atoms with van der Waals surface area (Å²) < 4.78 is 0. The smallest absolute Gasteiger partial charge is 0.294 e. The van der Waals surface area contributed by atoms with E-state index in [-0.39, 0.29) is 12.2 Å². The molecule has 78 valence electrons. The average molecular weight is 244 g/mol. The van der Waals surface area contributed by atoms with Gasteiger partial charge < -0.3 is 4.90 Å². The maximum absolute atomic E-state index is 11.4. The number of ketones is 1. The van der Waals surface area contributed by atoms with Crippen molar-refractivity contribution in [3.8, 4) is 0 Å². The van der Waals surface area contributed by atoms with Crippen molar-refractivity contribution in [1.82, 2.24) is 0 Å². The number of nitrogens with zero attached hydrogens (tertiary/aromatic N) is 1. The zero-order valence-corrected chi connectivity index (χ0v) is 9.18. The van der Waals surface area contributed by atoms with Crippen molar-refractivity contribution in [2.24, 2.45) is 0 Å². The quantitative estimate of drug-likeness (QED) is 0.711. The first-order valence-electron chi connectivity index (χ1n) is 4.39. The van der Waals surface area contributed by atoms with E-state index >= 15 is 0 Å². The molecule has 1 aromatic carbocycles. The third kappa shape index (κ3) is 1.85. The van der Waals surface area contributed by atoms with Crippen LogP contribution in [0.3, 0.4) is 0 Å². The number of halogens is 2. The van der Waals surface area contributed by atoms with Crippen molar-refractivity contribution in [1.29, 1.82) is 0 Å². The average Bonchev–Trinajstić information content (AvgIpc) is 2.49. The van der Waals surface area contributed by atoms with Crippen LogP contribution in [0.1, 0.15) is 6.42 Å². The number of benzene rings is 1. The van der Waals surface area contributed by atoms with Gasteiger partial charge in [0.2, 0.25) is 5.78 Å². The van der Waals surface area contributed by atoms with Crippen LogP contribution >= 0.6 is 23.2 Å². The molecule has 0 bridgehead atoms. The monoisotopic (exact) mass is 243 g/mol. The summed E-state index contributed by atoms with van der Waals surface area (Å²) in [4.78, 5) is 23.9. The summed E-state index contributed by atoms with van der Waals surface area (Å²) in [5.41, 5.74) is 0.539. The highest BCUT2D eigenvalue weighted by molar-refractivity contribution is 6.45. The summed E-state index contributed by atoms with van der Waals surface area (Å²) in [5, 5.41) is 0.882. The van der Waals surface area contributed by atoms with Gasteiger partial charge in [-0.05, 0) is 18.2 Å². The topological polar surface area (TPSA) is 37.4 Å². The summed E-state index contributed by atoms with van der Waals surface area (Å²) in [6.45, 7) is 0.388. The van der Waals surface area contributed by atoms with E-state index in [9.17, 15) is 9.59 Å². The molecule has 0 unspecified atom stereocenters. The van der Waals surface area contributed by atoms with Crippen LogP contribution in [0, 0.1) is 0 Å². The fourth-order valence-electron chi connectivity index (χ4n) is 1.50. The third-order valence-electron chi connectivity index (χ3n) is 2.25. The standard InChI is InChI=1S/C10H7Cl2NO2/c11-6-1-2-8(7(12)5-6)13-4-3-9(14)10(13)15/h1-2,5H,3-4H2. The second-order valence-corrected chi connectivity index (χ2v) is 4.07. The lowest BCUT2D eigenvalue weighted by Gasteiger charge is -2.16. The van der Waals surface area contributed by atoms with E-state index in [4.69, 9.17) is 23.2 Å². The van der Waals surface area contributed by atoms with Crippen LogP contribution in [0.5, 0.6) is 0 Å². The van der Waals surface area contributed by atoms with Gasteiger partial charge in [0.1, 0.15) is 0 Å². The number of amides is 1. The van der Waals surface area contributed by atoms with Crippen LogP contribution in [-0.2, 0) is 9.59 Å². The van der Waals surface area contributed by atoms with E-state index < -0.39 is 5.91 Å². The molecule has 2 rings (SSSR count). The maximum atomic E-state index is 11.4. The van der Waals surface area contributed by atoms with Gasteiger partial charge in [0, 0.05) is 18.0 Å². The van der Waals surface area contributed by atoms with E-state index in [1.807, 2.05) is 0 Å². The third-order valence-corrected chi connectivity index (χ3v) is 2.78. The molecule has 1 fully saturated rings. The van der Waals surface area contributed by atoms with Gasteiger partial charge in [0.05, 0.1) is 10.7 Å². The number of anilines is 1. The molecule has 0 radical (unpaired) electrons. The molecule has 0 spiro atoms. The summed E-state index contributed by atoms with van der Waals surface area (Å²) in [6.07, 6.45) is 0.248. The second kappa shape index (κ2) is 3.83. The van der Waals surface area contributed by atoms with E-state index in [0.29, 0.717) is 22.3 Å². The Balaban J connectivity index is 2.38. The zero-order valence-electron chi connectivity index (χ0n) is 7.67. The summed E-state index contributed by atoms with van der Waals surface area (Å²) in [6, 6.07) is 4.83. The summed E-state index contributed by atoms with van der Waals surface area (Å²) in [5.74, 6) is -0.875. The van der Waals surface area contributed by atoms with Gasteiger partial charge in [-0.25, -0.2) is 0 Å². The Kier molecular flexibility index (Phi) is 2.67. The fourth-order valence-corrected chi connectivity index (χ4v) is 2.01. The minimum atomic E-state index is -0.501. The number of carbonyl (C=O) groups excluding carboxylic acids is 2. The summed E-state index contributed by atoms with van der Waals surface area (Å²) in [7, 11) is 0. The molecule has 1 aliphatic heterocycles. The lowest BCUT2D eigenvalue weighted by Crippen LogP contribution is -2.27. The van der Waals surface area contributed by atoms with Crippen LogP contribution in [0.2, 0.25) is 10.0 Å². The number of rotatable bonds is 1. The number of hydrogen-bond donors (Lipinski definition) is 0. The Labute approximate surface area is 96.6 Å². The Morgan fingerprint density at radius 3 is 2.47 bits per heavy atom. The molecule has 1 amide bonds. The maximum Gasteiger partial charge on any atom is 0.294 e. The van der Waals surface area contributed by atoms with Crippen LogP contribution < -0.4 is 4.90 Å². The SMILES string of the molecule is O=C1CCN(c2ccc(Cl)cc2Cl)C1=O. The van der Waals surface area contributed by atoms with E-state index in [2.05, 4.69) is 0 Å². The van der Waals surface area contributed by atoms with Gasteiger partial charge in [-0.15, -0.1) is 0 Å². The van der Waals surface area contributed by atoms with Gasteiger partial charge in [-0.2, -0.15) is 0 Å². The van der Waals surface area contributed by atoms with E-state index in [0.717, 1.165) is 0 Å². The predicted molar refractivity (Wildman–Crippen MR) is 58.4 cm³/mol. The fraction of sp³-hybridized carbons (Fsp3) is 0.200. The van der Waals surface area contributed by atoms with Crippen molar-refractivity contribution in [3.05, 3.63) is 28.2 Å². The highest BCUT2D eigenvalue weighted by Gasteiger charge is 2.31. The molecule has 15 heavy (non-hydrogen) atoms. The molecule has 0 saturated carbocycles. The largest absolute Gasteiger partial charge is 0.304 e. The van der Waals surface area contributed by atoms with E-state index in [1.54, 1.807) is 18.2 Å². The molecule has 1 aromatic rings. The van der Waals surface area contributed by atoms with Crippen LogP contribution in [0.25, 0.3) is 0 Å². The predicted octanol–water partition coefficient (Wildman–Crippen LogP) is 2.30. The molecule has 5 heteroatoms. The molecule has 0 aliphatic carbocycles. The number of carbonyl (C=O) groups is 2. The van der Waals surface area contributed by atoms with Gasteiger partial charge in [0.15, 0.2) is 0 Å². The Hall–Kier alpha value is -1.06. The Morgan fingerprint density at radius 1 is 1.20 bits per heavy atom. The van der Waals surface area contributed by atoms with Gasteiger partial charge in [-0.3, -0.25) is 9.59 Å². The highest BCUT2D eigenvalue weighted by Crippen LogP contribution is 2.30. The van der Waals surface area contributed by atoms with Crippen molar-refractivity contribution in [3.63, 3.8) is 0 Å². The van der Waals surface area contributed by atoms with Gasteiger partial charge >= 0.3 is 0 Å². The molecular formula is C10H7Cl2NO2. The second-order valence-electron chi connectivity index (χ2n) is 3.23. The minimum absolute atomic E-state index is 0.248. The zero-order chi connectivity index (χ0) is 11.0. The number of Topliss-reactive ketones (excluding diaryl/α,β-unsaturated/α-hetero) is 1. The molecule has 0 aromatic heterocycles.